The van der Waals surface area contributed by atoms with E-state index in [-0.39, 0.29) is 0 Å². The monoisotopic (exact) mass is 142 g/mol. The van der Waals surface area contributed by atoms with Crippen LogP contribution in [0.1, 0.15) is 10.6 Å². The number of anilines is 1. The first-order chi connectivity index (χ1) is 4.24. The van der Waals surface area contributed by atoms with Crippen LogP contribution in [0.4, 0.5) is 5.13 Å². The van der Waals surface area contributed by atoms with Gasteiger partial charge in [-0.15, -0.1) is 11.3 Å². The number of aryl methyl sites for hydroxylation is 2. The van der Waals surface area contributed by atoms with E-state index in [4.69, 9.17) is 0 Å². The van der Waals surface area contributed by atoms with Crippen molar-refractivity contribution in [3.8, 4) is 0 Å². The summed E-state index contributed by atoms with van der Waals surface area (Å²) in [6, 6.07) is 0. The first kappa shape index (κ1) is 6.55. The molecule has 1 heterocycles. The SMILES string of the molecule is CNc1nc(C)c(C)s1. The summed E-state index contributed by atoms with van der Waals surface area (Å²) in [6.45, 7) is 4.10. The molecule has 0 aromatic carbocycles. The van der Waals surface area contributed by atoms with Crippen molar-refractivity contribution in [2.75, 3.05) is 12.4 Å². The third-order valence-corrected chi connectivity index (χ3v) is 2.33. The van der Waals surface area contributed by atoms with E-state index in [1.165, 1.54) is 4.88 Å². The Morgan fingerprint density at radius 3 is 2.33 bits per heavy atom. The van der Waals surface area contributed by atoms with Gasteiger partial charge in [-0.05, 0) is 13.8 Å². The highest BCUT2D eigenvalue weighted by Crippen LogP contribution is 2.19. The van der Waals surface area contributed by atoms with Gasteiger partial charge in [0.1, 0.15) is 0 Å². The summed E-state index contributed by atoms with van der Waals surface area (Å²) in [6.07, 6.45) is 0. The Bertz CT molecular complexity index is 185. The standard InChI is InChI=1S/C6H10N2S/c1-4-5(2)9-6(7-3)8-4/h1-3H3,(H,7,8). The maximum absolute atomic E-state index is 4.24. The Morgan fingerprint density at radius 2 is 2.11 bits per heavy atom. The largest absolute Gasteiger partial charge is 0.365 e. The van der Waals surface area contributed by atoms with E-state index in [9.17, 15) is 0 Å². The Hall–Kier alpha value is -0.570. The van der Waals surface area contributed by atoms with Gasteiger partial charge in [-0.2, -0.15) is 0 Å². The highest BCUT2D eigenvalue weighted by atomic mass is 32.1. The van der Waals surface area contributed by atoms with E-state index >= 15 is 0 Å². The molecule has 1 rings (SSSR count). The van der Waals surface area contributed by atoms with Crippen LogP contribution >= 0.6 is 11.3 Å². The Labute approximate surface area is 58.9 Å². The highest BCUT2D eigenvalue weighted by Gasteiger charge is 1.98. The minimum absolute atomic E-state index is 1.00. The van der Waals surface area contributed by atoms with Gasteiger partial charge in [-0.1, -0.05) is 0 Å². The van der Waals surface area contributed by atoms with Crippen LogP contribution < -0.4 is 5.32 Å². The maximum atomic E-state index is 4.24. The van der Waals surface area contributed by atoms with Crippen LogP contribution in [0.15, 0.2) is 0 Å². The molecule has 0 aliphatic heterocycles. The third-order valence-electron chi connectivity index (χ3n) is 1.24. The molecule has 9 heavy (non-hydrogen) atoms. The molecule has 0 fully saturated rings. The Kier molecular flexibility index (Phi) is 1.71. The molecule has 1 aromatic rings. The van der Waals surface area contributed by atoms with Crippen LogP contribution in [-0.4, -0.2) is 12.0 Å². The number of aromatic nitrogens is 1. The minimum Gasteiger partial charge on any atom is -0.365 e. The lowest BCUT2D eigenvalue weighted by molar-refractivity contribution is 1.22. The lowest BCUT2D eigenvalue weighted by atomic mass is 10.4. The Morgan fingerprint density at radius 1 is 1.44 bits per heavy atom. The fourth-order valence-corrected chi connectivity index (χ4v) is 1.35. The molecule has 0 unspecified atom stereocenters. The zero-order valence-corrected chi connectivity index (χ0v) is 6.67. The molecular weight excluding hydrogens is 132 g/mol. The molecule has 1 N–H and O–H groups in total. The average molecular weight is 142 g/mol. The predicted molar refractivity (Wildman–Crippen MR) is 41.1 cm³/mol. The summed E-state index contributed by atoms with van der Waals surface area (Å²) >= 11 is 1.69. The van der Waals surface area contributed by atoms with E-state index in [1.54, 1.807) is 11.3 Å². The molecule has 2 nitrogen and oxygen atoms in total. The second-order valence-electron chi connectivity index (χ2n) is 1.91. The molecular formula is C6H10N2S. The molecule has 3 heteroatoms. The molecule has 0 atom stereocenters. The van der Waals surface area contributed by atoms with Crippen LogP contribution in [0.5, 0.6) is 0 Å². The summed E-state index contributed by atoms with van der Waals surface area (Å²) < 4.78 is 0. The third kappa shape index (κ3) is 1.21. The average Bonchev–Trinajstić information content (AvgIpc) is 2.13. The quantitative estimate of drug-likeness (QED) is 0.646. The van der Waals surface area contributed by atoms with Gasteiger partial charge in [0.2, 0.25) is 0 Å². The number of nitrogens with zero attached hydrogens (tertiary/aromatic N) is 1. The normalized spacial score (nSPS) is 9.67. The van der Waals surface area contributed by atoms with Crippen LogP contribution in [0, 0.1) is 13.8 Å². The second kappa shape index (κ2) is 2.35. The van der Waals surface area contributed by atoms with E-state index in [2.05, 4.69) is 17.2 Å². The number of rotatable bonds is 1. The molecule has 0 amide bonds. The summed E-state index contributed by atoms with van der Waals surface area (Å²) in [4.78, 5) is 5.53. The molecule has 0 aliphatic carbocycles. The van der Waals surface area contributed by atoms with Gasteiger partial charge >= 0.3 is 0 Å². The van der Waals surface area contributed by atoms with Crippen LogP contribution in [-0.2, 0) is 0 Å². The van der Waals surface area contributed by atoms with Gasteiger partial charge in [-0.25, -0.2) is 4.98 Å². The van der Waals surface area contributed by atoms with Crippen molar-refractivity contribution in [2.24, 2.45) is 0 Å². The first-order valence-electron chi connectivity index (χ1n) is 2.86. The van der Waals surface area contributed by atoms with Crippen LogP contribution in [0.2, 0.25) is 0 Å². The number of hydrogen-bond acceptors (Lipinski definition) is 3. The highest BCUT2D eigenvalue weighted by molar-refractivity contribution is 7.15. The second-order valence-corrected chi connectivity index (χ2v) is 3.11. The zero-order chi connectivity index (χ0) is 6.85. The molecule has 0 saturated heterocycles. The van der Waals surface area contributed by atoms with Crippen LogP contribution in [0.25, 0.3) is 0 Å². The predicted octanol–water partition coefficient (Wildman–Crippen LogP) is 1.80. The molecule has 0 bridgehead atoms. The number of thiazole rings is 1. The number of nitrogens with one attached hydrogen (secondary N) is 1. The van der Waals surface area contributed by atoms with Gasteiger partial charge in [0.05, 0.1) is 5.69 Å². The Balaban J connectivity index is 2.98. The van der Waals surface area contributed by atoms with Crippen molar-refractivity contribution in [3.05, 3.63) is 10.6 Å². The van der Waals surface area contributed by atoms with Crippen molar-refractivity contribution in [3.63, 3.8) is 0 Å². The topological polar surface area (TPSA) is 24.9 Å². The van der Waals surface area contributed by atoms with Crippen molar-refractivity contribution in [1.82, 2.24) is 4.98 Å². The fourth-order valence-electron chi connectivity index (χ4n) is 0.580. The van der Waals surface area contributed by atoms with E-state index in [0.717, 1.165) is 10.8 Å². The van der Waals surface area contributed by atoms with Crippen molar-refractivity contribution in [1.29, 1.82) is 0 Å². The lowest BCUT2D eigenvalue weighted by Gasteiger charge is -1.85. The molecule has 0 saturated carbocycles. The first-order valence-corrected chi connectivity index (χ1v) is 3.67. The molecule has 0 radical (unpaired) electrons. The molecule has 1 aromatic heterocycles. The van der Waals surface area contributed by atoms with E-state index in [0.29, 0.717) is 0 Å². The maximum Gasteiger partial charge on any atom is 0.182 e. The lowest BCUT2D eigenvalue weighted by Crippen LogP contribution is -1.84. The van der Waals surface area contributed by atoms with Gasteiger partial charge in [0.15, 0.2) is 5.13 Å². The fraction of sp³-hybridized carbons (Fsp3) is 0.500. The summed E-state index contributed by atoms with van der Waals surface area (Å²) in [5, 5.41) is 4.00. The minimum atomic E-state index is 1.00. The summed E-state index contributed by atoms with van der Waals surface area (Å²) in [7, 11) is 1.89. The molecule has 0 aliphatic rings. The molecule has 50 valence electrons. The summed E-state index contributed by atoms with van der Waals surface area (Å²) in [5.74, 6) is 0. The zero-order valence-electron chi connectivity index (χ0n) is 5.86. The van der Waals surface area contributed by atoms with E-state index in [1.807, 2.05) is 14.0 Å². The van der Waals surface area contributed by atoms with Gasteiger partial charge < -0.3 is 5.32 Å². The van der Waals surface area contributed by atoms with E-state index < -0.39 is 0 Å². The van der Waals surface area contributed by atoms with Crippen molar-refractivity contribution >= 4 is 16.5 Å². The van der Waals surface area contributed by atoms with Gasteiger partial charge in [0.25, 0.3) is 0 Å². The van der Waals surface area contributed by atoms with Gasteiger partial charge in [-0.3, -0.25) is 0 Å². The van der Waals surface area contributed by atoms with Gasteiger partial charge in [0, 0.05) is 11.9 Å². The smallest absolute Gasteiger partial charge is 0.182 e. The van der Waals surface area contributed by atoms with Crippen LogP contribution in [0.3, 0.4) is 0 Å². The number of hydrogen-bond donors (Lipinski definition) is 1. The van der Waals surface area contributed by atoms with Crippen molar-refractivity contribution in [2.45, 2.75) is 13.8 Å². The van der Waals surface area contributed by atoms with Crippen molar-refractivity contribution < 1.29 is 0 Å². The summed E-state index contributed by atoms with van der Waals surface area (Å²) in [5.41, 5.74) is 1.13. The molecule has 0 spiro atoms.